The second-order valence-electron chi connectivity index (χ2n) is 2.55. The summed E-state index contributed by atoms with van der Waals surface area (Å²) in [6.07, 6.45) is 2.51. The zero-order chi connectivity index (χ0) is 7.98. The van der Waals surface area contributed by atoms with Crippen LogP contribution >= 0.6 is 11.8 Å². The van der Waals surface area contributed by atoms with Crippen LogP contribution in [0.1, 0.15) is 26.7 Å². The molecule has 0 rings (SSSR count). The normalized spacial score (nSPS) is 16.8. The Balaban J connectivity index is 3.12. The molecule has 0 amide bonds. The van der Waals surface area contributed by atoms with Gasteiger partial charge < -0.3 is 0 Å². The topological polar surface area (TPSA) is 26.0 Å². The monoisotopic (exact) mass is 267 g/mol. The molecule has 2 N–H and O–H groups in total. The number of rotatable bonds is 5. The fraction of sp³-hybridized carbons (Fsp3) is 1.00. The van der Waals surface area contributed by atoms with Crippen molar-refractivity contribution in [2.45, 2.75) is 36.0 Å². The Bertz CT molecular complexity index is 78.0. The van der Waals surface area contributed by atoms with Crippen molar-refractivity contribution < 1.29 is 0 Å². The molecule has 0 spiro atoms. The summed E-state index contributed by atoms with van der Waals surface area (Å²) in [6, 6.07) is 0.396. The van der Waals surface area contributed by atoms with E-state index >= 15 is 0 Å². The zero-order valence-electron chi connectivity index (χ0n) is 6.84. The predicted molar refractivity (Wildman–Crippen MR) is 52.0 cm³/mol. The third-order valence-corrected chi connectivity index (χ3v) is 4.88. The van der Waals surface area contributed by atoms with Crippen molar-refractivity contribution in [3.05, 3.63) is 0 Å². The molecular formula is C7H17NSSn. The average molecular weight is 266 g/mol. The number of hydrogen-bond acceptors (Lipinski definition) is 2. The van der Waals surface area contributed by atoms with Crippen LogP contribution in [0.4, 0.5) is 0 Å². The third kappa shape index (κ3) is 7.22. The second-order valence-corrected chi connectivity index (χ2v) is 7.74. The van der Waals surface area contributed by atoms with Gasteiger partial charge in [-0.1, -0.05) is 0 Å². The Morgan fingerprint density at radius 2 is 2.10 bits per heavy atom. The summed E-state index contributed by atoms with van der Waals surface area (Å²) in [7, 11) is 0. The average Bonchev–Trinajstić information content (AvgIpc) is 1.85. The summed E-state index contributed by atoms with van der Waals surface area (Å²) in [5.74, 6) is 1.25. The molecule has 0 saturated carbocycles. The first-order valence-electron chi connectivity index (χ1n) is 3.79. The Labute approximate surface area is 81.6 Å². The van der Waals surface area contributed by atoms with Crippen LogP contribution in [-0.2, 0) is 0 Å². The number of nitrogens with two attached hydrogens (primary N) is 1. The number of thioether (sulfide) groups is 1. The molecule has 60 valence electrons. The van der Waals surface area contributed by atoms with E-state index in [1.54, 1.807) is 0 Å². The Morgan fingerprint density at radius 1 is 1.50 bits per heavy atom. The Kier molecular flexibility index (Phi) is 7.55. The van der Waals surface area contributed by atoms with E-state index in [-0.39, 0.29) is 0 Å². The number of hydrogen-bond donors (Lipinski definition) is 1. The van der Waals surface area contributed by atoms with Gasteiger partial charge in [-0.05, 0) is 0 Å². The van der Waals surface area contributed by atoms with Crippen LogP contribution in [0.3, 0.4) is 0 Å². The van der Waals surface area contributed by atoms with E-state index in [0.717, 1.165) is 3.27 Å². The maximum absolute atomic E-state index is 5.64. The van der Waals surface area contributed by atoms with Gasteiger partial charge in [0.15, 0.2) is 0 Å². The first-order valence-corrected chi connectivity index (χ1v) is 6.74. The van der Waals surface area contributed by atoms with Crippen LogP contribution < -0.4 is 5.73 Å². The summed E-state index contributed by atoms with van der Waals surface area (Å²) in [5, 5.41) is 0. The minimum absolute atomic E-state index is 0.396. The molecule has 0 fully saturated rings. The molecule has 3 heteroatoms. The van der Waals surface area contributed by atoms with Crippen LogP contribution in [0.5, 0.6) is 0 Å². The molecule has 0 aromatic carbocycles. The van der Waals surface area contributed by atoms with Gasteiger partial charge in [0, 0.05) is 0 Å². The van der Waals surface area contributed by atoms with Crippen LogP contribution in [0.2, 0.25) is 0 Å². The standard InChI is InChI=1S/C7H16NS.Sn.H/c1-3-9-6-4-5-7(2)8;;/h6-7H,3-5,8H2,1-2H3;;. The van der Waals surface area contributed by atoms with Crippen molar-refractivity contribution in [2.75, 3.05) is 5.75 Å². The van der Waals surface area contributed by atoms with E-state index in [4.69, 9.17) is 5.73 Å². The van der Waals surface area contributed by atoms with Gasteiger partial charge in [0.05, 0.1) is 0 Å². The van der Waals surface area contributed by atoms with Crippen LogP contribution in [-0.4, -0.2) is 37.6 Å². The van der Waals surface area contributed by atoms with E-state index < -0.39 is 0 Å². The van der Waals surface area contributed by atoms with Crippen molar-refractivity contribution in [3.8, 4) is 0 Å². The SMILES string of the molecule is CCS[CH]([SnH])CCC(C)N. The fourth-order valence-electron chi connectivity index (χ4n) is 0.725. The van der Waals surface area contributed by atoms with Crippen molar-refractivity contribution in [1.82, 2.24) is 0 Å². The van der Waals surface area contributed by atoms with E-state index in [0.29, 0.717) is 6.04 Å². The fourth-order valence-corrected chi connectivity index (χ4v) is 3.65. The van der Waals surface area contributed by atoms with Crippen LogP contribution in [0.25, 0.3) is 0 Å². The van der Waals surface area contributed by atoms with Crippen molar-refractivity contribution >= 4 is 34.3 Å². The molecule has 0 aromatic heterocycles. The van der Waals surface area contributed by atoms with Gasteiger partial charge in [-0.2, -0.15) is 0 Å². The molecule has 0 aliphatic rings. The first-order chi connectivity index (χ1) is 4.66. The molecule has 0 aromatic rings. The maximum atomic E-state index is 5.64. The van der Waals surface area contributed by atoms with E-state index in [9.17, 15) is 0 Å². The van der Waals surface area contributed by atoms with Crippen molar-refractivity contribution in [1.29, 1.82) is 0 Å². The van der Waals surface area contributed by atoms with Gasteiger partial charge in [0.25, 0.3) is 0 Å². The van der Waals surface area contributed by atoms with Gasteiger partial charge in [-0.25, -0.2) is 0 Å². The van der Waals surface area contributed by atoms with Gasteiger partial charge >= 0.3 is 81.8 Å². The van der Waals surface area contributed by atoms with Crippen molar-refractivity contribution in [2.24, 2.45) is 5.73 Å². The molecular weight excluding hydrogens is 249 g/mol. The zero-order valence-corrected chi connectivity index (χ0v) is 11.0. The third-order valence-electron chi connectivity index (χ3n) is 1.29. The molecule has 2 atom stereocenters. The quantitative estimate of drug-likeness (QED) is 0.754. The second kappa shape index (κ2) is 6.80. The van der Waals surface area contributed by atoms with E-state index in [2.05, 4.69) is 25.6 Å². The van der Waals surface area contributed by atoms with Gasteiger partial charge in [-0.15, -0.1) is 0 Å². The molecule has 0 aliphatic heterocycles. The van der Waals surface area contributed by atoms with E-state index in [1.807, 2.05) is 0 Å². The summed E-state index contributed by atoms with van der Waals surface area (Å²) in [4.78, 5) is 0. The molecule has 10 heavy (non-hydrogen) atoms. The molecule has 0 saturated heterocycles. The summed E-state index contributed by atoms with van der Waals surface area (Å²) in [5.41, 5.74) is 5.64. The van der Waals surface area contributed by atoms with Crippen molar-refractivity contribution in [3.63, 3.8) is 0 Å². The molecule has 1 nitrogen and oxygen atoms in total. The molecule has 0 bridgehead atoms. The molecule has 2 radical (unpaired) electrons. The molecule has 0 heterocycles. The van der Waals surface area contributed by atoms with Crippen LogP contribution in [0, 0.1) is 0 Å². The van der Waals surface area contributed by atoms with E-state index in [1.165, 1.54) is 41.1 Å². The Morgan fingerprint density at radius 3 is 2.50 bits per heavy atom. The summed E-state index contributed by atoms with van der Waals surface area (Å²) < 4.78 is 0.918. The Hall–Kier alpha value is 1.11. The minimum atomic E-state index is 0.396. The summed E-state index contributed by atoms with van der Waals surface area (Å²) >= 11 is 3.45. The van der Waals surface area contributed by atoms with Gasteiger partial charge in [0.2, 0.25) is 0 Å². The van der Waals surface area contributed by atoms with Gasteiger partial charge in [-0.3, -0.25) is 0 Å². The predicted octanol–water partition coefficient (Wildman–Crippen LogP) is 1.09. The van der Waals surface area contributed by atoms with Gasteiger partial charge in [0.1, 0.15) is 0 Å². The first kappa shape index (κ1) is 11.1. The molecule has 2 unspecified atom stereocenters. The van der Waals surface area contributed by atoms with Crippen LogP contribution in [0.15, 0.2) is 0 Å². The summed E-state index contributed by atoms with van der Waals surface area (Å²) in [6.45, 7) is 4.31. The molecule has 0 aliphatic carbocycles.